The Morgan fingerprint density at radius 1 is 1.13 bits per heavy atom. The fourth-order valence-electron chi connectivity index (χ4n) is 3.73. The summed E-state index contributed by atoms with van der Waals surface area (Å²) in [5.74, 6) is 0. The SMILES string of the molecule is C=CCO[C@@H]1O[C@@H]2COB(c3c(C(F)(F)F)cccc3C(F)(F)F)O[C@@H]2[C@H](OS(=O)(=O)OCC(Cl)(Cl)Cl)[C@H]1O. The van der Waals surface area contributed by atoms with E-state index in [1.165, 1.54) is 6.08 Å². The van der Waals surface area contributed by atoms with Gasteiger partial charge in [0.15, 0.2) is 6.29 Å². The van der Waals surface area contributed by atoms with Crippen molar-refractivity contribution in [1.29, 1.82) is 0 Å². The van der Waals surface area contributed by atoms with Crippen molar-refractivity contribution < 1.29 is 67.0 Å². The lowest BCUT2D eigenvalue weighted by molar-refractivity contribution is -0.298. The number of alkyl halides is 9. The molecule has 20 heteroatoms. The fourth-order valence-corrected chi connectivity index (χ4v) is 4.96. The van der Waals surface area contributed by atoms with Gasteiger partial charge in [-0.15, -0.1) is 6.58 Å². The third kappa shape index (κ3) is 8.35. The summed E-state index contributed by atoms with van der Waals surface area (Å²) in [6, 6.07) is 1.33. The maximum absolute atomic E-state index is 13.7. The number of benzene rings is 1. The zero-order chi connectivity index (χ0) is 29.4. The van der Waals surface area contributed by atoms with Crippen LogP contribution in [0.1, 0.15) is 11.1 Å². The first-order chi connectivity index (χ1) is 17.8. The van der Waals surface area contributed by atoms with Gasteiger partial charge in [0.05, 0.1) is 24.3 Å². The Kier molecular flexibility index (Phi) is 10.2. The average Bonchev–Trinajstić information content (AvgIpc) is 2.81. The molecule has 1 aromatic rings. The van der Waals surface area contributed by atoms with Crippen LogP contribution in [0.25, 0.3) is 0 Å². The van der Waals surface area contributed by atoms with Crippen molar-refractivity contribution in [3.05, 3.63) is 42.0 Å². The van der Waals surface area contributed by atoms with Gasteiger partial charge in [-0.25, -0.2) is 8.37 Å². The largest absolute Gasteiger partial charge is 0.495 e. The summed E-state index contributed by atoms with van der Waals surface area (Å²) in [5.41, 5.74) is -4.87. The van der Waals surface area contributed by atoms with Crippen LogP contribution in [-0.4, -0.2) is 75.0 Å². The Bertz CT molecular complexity index is 1100. The van der Waals surface area contributed by atoms with Crippen LogP contribution in [-0.2, 0) is 49.9 Å². The molecule has 1 aromatic carbocycles. The molecule has 0 saturated carbocycles. The molecular weight excluding hydrogens is 635 g/mol. The van der Waals surface area contributed by atoms with Crippen LogP contribution in [0.3, 0.4) is 0 Å². The van der Waals surface area contributed by atoms with E-state index in [2.05, 4.69) is 10.8 Å². The van der Waals surface area contributed by atoms with Gasteiger partial charge in [-0.2, -0.15) is 34.8 Å². The van der Waals surface area contributed by atoms with Gasteiger partial charge in [-0.1, -0.05) is 59.1 Å². The lowest BCUT2D eigenvalue weighted by Crippen LogP contribution is -2.67. The second-order valence-electron chi connectivity index (χ2n) is 8.03. The minimum Gasteiger partial charge on any atom is -0.404 e. The summed E-state index contributed by atoms with van der Waals surface area (Å²) in [7, 11) is -7.46. The maximum Gasteiger partial charge on any atom is 0.495 e. The number of ether oxygens (including phenoxy) is 2. The van der Waals surface area contributed by atoms with E-state index in [4.69, 9.17) is 57.8 Å². The number of rotatable bonds is 8. The summed E-state index contributed by atoms with van der Waals surface area (Å²) >= 11 is 16.4. The zero-order valence-corrected chi connectivity index (χ0v) is 22.2. The van der Waals surface area contributed by atoms with Gasteiger partial charge in [0, 0.05) is 5.46 Å². The minimum absolute atomic E-state index is 0.222. The van der Waals surface area contributed by atoms with E-state index in [0.717, 1.165) is 0 Å². The van der Waals surface area contributed by atoms with E-state index < -0.39 is 94.2 Å². The second kappa shape index (κ2) is 12.2. The van der Waals surface area contributed by atoms with E-state index in [1.807, 2.05) is 0 Å². The summed E-state index contributed by atoms with van der Waals surface area (Å²) in [6.45, 7) is 1.40. The number of aliphatic hydroxyl groups excluding tert-OH is 1. The molecule has 1 N–H and O–H groups in total. The Morgan fingerprint density at radius 2 is 1.72 bits per heavy atom. The van der Waals surface area contributed by atoms with Crippen molar-refractivity contribution >= 4 is 57.8 Å². The van der Waals surface area contributed by atoms with Crippen LogP contribution in [0.15, 0.2) is 30.9 Å². The van der Waals surface area contributed by atoms with Crippen LogP contribution in [0.5, 0.6) is 0 Å². The van der Waals surface area contributed by atoms with E-state index in [9.17, 15) is 39.9 Å². The molecule has 220 valence electrons. The zero-order valence-electron chi connectivity index (χ0n) is 19.1. The summed E-state index contributed by atoms with van der Waals surface area (Å²) in [6.07, 6.45) is -18.2. The van der Waals surface area contributed by atoms with Gasteiger partial charge in [-0.05, 0) is 0 Å². The standard InChI is InChI=1S/C19H18BCl3F6O9S/c1-2-6-33-16-13(30)15(38-39(31,32)35-8-17(21,22)23)14-11(36-16)7-34-20(37-14)12-9(18(24,25)26)4-3-5-10(12)19(27,28)29/h2-5,11,13-16,30H,1,6-8H2/t11-,13-,14+,15-,16-/m1/s1. The molecule has 2 aliphatic rings. The van der Waals surface area contributed by atoms with E-state index >= 15 is 0 Å². The molecule has 2 heterocycles. The number of hydrogen-bond donors (Lipinski definition) is 1. The lowest BCUT2D eigenvalue weighted by atomic mass is 9.70. The van der Waals surface area contributed by atoms with Crippen LogP contribution in [0.2, 0.25) is 0 Å². The molecule has 2 fully saturated rings. The summed E-state index contributed by atoms with van der Waals surface area (Å²) in [4.78, 5) is 0. The van der Waals surface area contributed by atoms with Crippen LogP contribution < -0.4 is 5.46 Å². The Balaban J connectivity index is 2.00. The molecule has 9 nitrogen and oxygen atoms in total. The highest BCUT2D eigenvalue weighted by atomic mass is 35.6. The predicted octanol–water partition coefficient (Wildman–Crippen LogP) is 3.14. The molecular formula is C19H18BCl3F6O9S. The first kappa shape index (κ1) is 32.7. The number of aliphatic hydroxyl groups is 1. The highest BCUT2D eigenvalue weighted by Gasteiger charge is 2.55. The molecule has 0 aromatic heterocycles. The Hall–Kier alpha value is -0.855. The van der Waals surface area contributed by atoms with Gasteiger partial charge in [0.2, 0.25) is 3.79 Å². The average molecular weight is 654 g/mol. The van der Waals surface area contributed by atoms with E-state index in [1.54, 1.807) is 0 Å². The third-order valence-corrected chi connectivity index (χ3v) is 6.43. The van der Waals surface area contributed by atoms with E-state index in [0.29, 0.717) is 18.2 Å². The molecule has 0 radical (unpaired) electrons. The molecule has 3 rings (SSSR count). The second-order valence-corrected chi connectivity index (χ2v) is 11.8. The molecule has 0 unspecified atom stereocenters. The van der Waals surface area contributed by atoms with Gasteiger partial charge < -0.3 is 23.9 Å². The third-order valence-electron chi connectivity index (χ3n) is 5.23. The topological polar surface area (TPSA) is 110 Å². The van der Waals surface area contributed by atoms with Crippen LogP contribution >= 0.6 is 34.8 Å². The number of halogens is 9. The Labute approximate surface area is 233 Å². The van der Waals surface area contributed by atoms with Crippen molar-refractivity contribution in [2.45, 2.75) is 46.9 Å². The van der Waals surface area contributed by atoms with Gasteiger partial charge in [0.25, 0.3) is 0 Å². The molecule has 0 aliphatic carbocycles. The molecule has 0 amide bonds. The van der Waals surface area contributed by atoms with Crippen molar-refractivity contribution in [1.82, 2.24) is 0 Å². The molecule has 5 atom stereocenters. The first-order valence-electron chi connectivity index (χ1n) is 10.6. The molecule has 2 aliphatic heterocycles. The monoisotopic (exact) mass is 652 g/mol. The summed E-state index contributed by atoms with van der Waals surface area (Å²) in [5, 5.41) is 10.7. The van der Waals surface area contributed by atoms with Crippen LogP contribution in [0.4, 0.5) is 26.3 Å². The summed E-state index contributed by atoms with van der Waals surface area (Å²) < 4.78 is 135. The molecule has 0 spiro atoms. The fraction of sp³-hybridized carbons (Fsp3) is 0.579. The quantitative estimate of drug-likeness (QED) is 0.196. The van der Waals surface area contributed by atoms with Gasteiger partial charge in [-0.3, -0.25) is 0 Å². The molecule has 2 saturated heterocycles. The maximum atomic E-state index is 13.7. The van der Waals surface area contributed by atoms with Crippen molar-refractivity contribution in [2.24, 2.45) is 0 Å². The first-order valence-corrected chi connectivity index (χ1v) is 13.1. The molecule has 0 bridgehead atoms. The predicted molar refractivity (Wildman–Crippen MR) is 124 cm³/mol. The van der Waals surface area contributed by atoms with E-state index in [-0.39, 0.29) is 6.61 Å². The minimum atomic E-state index is -5.27. The smallest absolute Gasteiger partial charge is 0.404 e. The van der Waals surface area contributed by atoms with Crippen molar-refractivity contribution in [2.75, 3.05) is 19.8 Å². The Morgan fingerprint density at radius 3 is 2.23 bits per heavy atom. The normalized spacial score (nSPS) is 26.8. The van der Waals surface area contributed by atoms with Crippen molar-refractivity contribution in [3.63, 3.8) is 0 Å². The van der Waals surface area contributed by atoms with Crippen molar-refractivity contribution in [3.8, 4) is 0 Å². The van der Waals surface area contributed by atoms with Gasteiger partial charge in [0.1, 0.15) is 31.0 Å². The van der Waals surface area contributed by atoms with Crippen LogP contribution in [0, 0.1) is 0 Å². The molecule has 39 heavy (non-hydrogen) atoms. The highest BCUT2D eigenvalue weighted by molar-refractivity contribution is 7.81. The number of hydrogen-bond acceptors (Lipinski definition) is 9. The highest BCUT2D eigenvalue weighted by Crippen LogP contribution is 2.37. The van der Waals surface area contributed by atoms with Gasteiger partial charge >= 0.3 is 29.9 Å². The number of fused-ring (bicyclic) bond motifs is 1. The lowest BCUT2D eigenvalue weighted by Gasteiger charge is -2.47.